The molecule has 1 amide bonds. The Bertz CT molecular complexity index is 489. The summed E-state index contributed by atoms with van der Waals surface area (Å²) in [6, 6.07) is 9.73. The standard InChI is InChI=1S/C17H24N2O2.ClH/c1-13(21-14-5-3-2-4-6-14)12-19-16(20)15-11-17(15)7-9-18-10-8-17;/h2-6,13,15,18H,7-12H2,1H3,(H,19,20);1H. The number of para-hydroxylation sites is 1. The van der Waals surface area contributed by atoms with Gasteiger partial charge in [0.05, 0.1) is 6.54 Å². The first kappa shape index (κ1) is 17.1. The number of ether oxygens (including phenoxy) is 1. The lowest BCUT2D eigenvalue weighted by molar-refractivity contribution is -0.123. The molecule has 1 spiro atoms. The van der Waals surface area contributed by atoms with Crippen molar-refractivity contribution in [2.45, 2.75) is 32.3 Å². The van der Waals surface area contributed by atoms with Crippen molar-refractivity contribution in [3.8, 4) is 5.75 Å². The van der Waals surface area contributed by atoms with Crippen molar-refractivity contribution < 1.29 is 9.53 Å². The summed E-state index contributed by atoms with van der Waals surface area (Å²) in [5.41, 5.74) is 0.304. The normalized spacial score (nSPS) is 23.2. The Morgan fingerprint density at radius 1 is 1.36 bits per heavy atom. The van der Waals surface area contributed by atoms with E-state index in [9.17, 15) is 4.79 Å². The van der Waals surface area contributed by atoms with Gasteiger partial charge in [-0.2, -0.15) is 0 Å². The van der Waals surface area contributed by atoms with Crippen LogP contribution in [0.15, 0.2) is 30.3 Å². The SMILES string of the molecule is CC(CNC(=O)C1CC12CCNCC2)Oc1ccccc1.Cl. The molecule has 2 N–H and O–H groups in total. The largest absolute Gasteiger partial charge is 0.489 e. The van der Waals surface area contributed by atoms with Gasteiger partial charge in [-0.25, -0.2) is 0 Å². The van der Waals surface area contributed by atoms with E-state index in [1.165, 1.54) is 0 Å². The summed E-state index contributed by atoms with van der Waals surface area (Å²) >= 11 is 0. The molecule has 0 radical (unpaired) electrons. The summed E-state index contributed by atoms with van der Waals surface area (Å²) in [5, 5.41) is 6.42. The van der Waals surface area contributed by atoms with E-state index in [4.69, 9.17) is 4.74 Å². The van der Waals surface area contributed by atoms with Crippen molar-refractivity contribution in [1.29, 1.82) is 0 Å². The van der Waals surface area contributed by atoms with Crippen molar-refractivity contribution in [2.75, 3.05) is 19.6 Å². The van der Waals surface area contributed by atoms with Crippen molar-refractivity contribution in [3.63, 3.8) is 0 Å². The van der Waals surface area contributed by atoms with Gasteiger partial charge in [0.25, 0.3) is 0 Å². The van der Waals surface area contributed by atoms with Crippen LogP contribution in [-0.4, -0.2) is 31.6 Å². The number of piperidine rings is 1. The molecule has 1 aromatic rings. The number of amides is 1. The van der Waals surface area contributed by atoms with Crippen molar-refractivity contribution >= 4 is 18.3 Å². The van der Waals surface area contributed by atoms with Gasteiger partial charge < -0.3 is 15.4 Å². The summed E-state index contributed by atoms with van der Waals surface area (Å²) in [7, 11) is 0. The van der Waals surface area contributed by atoms with E-state index in [-0.39, 0.29) is 30.3 Å². The first-order valence-corrected chi connectivity index (χ1v) is 7.90. The second-order valence-electron chi connectivity index (χ2n) is 6.36. The average molecular weight is 325 g/mol. The Balaban J connectivity index is 0.00000176. The van der Waals surface area contributed by atoms with Crippen LogP contribution in [0, 0.1) is 11.3 Å². The van der Waals surface area contributed by atoms with Gasteiger partial charge in [-0.05, 0) is 56.8 Å². The van der Waals surface area contributed by atoms with Crippen LogP contribution in [-0.2, 0) is 4.79 Å². The zero-order chi connectivity index (χ0) is 14.7. The summed E-state index contributed by atoms with van der Waals surface area (Å²) in [6.45, 7) is 4.66. The van der Waals surface area contributed by atoms with E-state index in [0.29, 0.717) is 12.0 Å². The first-order valence-electron chi connectivity index (χ1n) is 7.90. The molecule has 2 atom stereocenters. The minimum atomic E-state index is -0.0147. The smallest absolute Gasteiger partial charge is 0.223 e. The van der Waals surface area contributed by atoms with E-state index in [1.807, 2.05) is 37.3 Å². The number of carbonyl (C=O) groups excluding carboxylic acids is 1. The molecule has 0 aromatic heterocycles. The van der Waals surface area contributed by atoms with Gasteiger partial charge in [0.1, 0.15) is 11.9 Å². The van der Waals surface area contributed by atoms with E-state index in [0.717, 1.165) is 38.1 Å². The Hall–Kier alpha value is -1.26. The van der Waals surface area contributed by atoms with Gasteiger partial charge in [0.15, 0.2) is 0 Å². The molecule has 3 rings (SSSR count). The maximum Gasteiger partial charge on any atom is 0.223 e. The lowest BCUT2D eigenvalue weighted by atomic mass is 9.92. The second kappa shape index (κ2) is 7.34. The fourth-order valence-corrected chi connectivity index (χ4v) is 3.34. The topological polar surface area (TPSA) is 50.4 Å². The molecule has 5 heteroatoms. The van der Waals surface area contributed by atoms with Crippen LogP contribution in [0.2, 0.25) is 0 Å². The highest BCUT2D eigenvalue weighted by Crippen LogP contribution is 2.58. The highest BCUT2D eigenvalue weighted by atomic mass is 35.5. The van der Waals surface area contributed by atoms with Crippen LogP contribution in [0.3, 0.4) is 0 Å². The number of hydrogen-bond acceptors (Lipinski definition) is 3. The van der Waals surface area contributed by atoms with Crippen LogP contribution in [0.5, 0.6) is 5.75 Å². The number of benzene rings is 1. The van der Waals surface area contributed by atoms with E-state index >= 15 is 0 Å². The first-order chi connectivity index (χ1) is 10.2. The molecule has 2 fully saturated rings. The highest BCUT2D eigenvalue weighted by molar-refractivity contribution is 5.85. The molecule has 4 nitrogen and oxygen atoms in total. The molecule has 1 saturated carbocycles. The molecule has 122 valence electrons. The molecule has 2 unspecified atom stereocenters. The van der Waals surface area contributed by atoms with E-state index < -0.39 is 0 Å². The zero-order valence-corrected chi connectivity index (χ0v) is 13.8. The number of hydrogen-bond donors (Lipinski definition) is 2. The fraction of sp³-hybridized carbons (Fsp3) is 0.588. The van der Waals surface area contributed by atoms with Crippen LogP contribution in [0.25, 0.3) is 0 Å². The predicted octanol–water partition coefficient (Wildman–Crippen LogP) is 2.38. The summed E-state index contributed by atoms with van der Waals surface area (Å²) in [6.07, 6.45) is 3.33. The second-order valence-corrected chi connectivity index (χ2v) is 6.36. The predicted molar refractivity (Wildman–Crippen MR) is 89.4 cm³/mol. The van der Waals surface area contributed by atoms with Gasteiger partial charge in [-0.1, -0.05) is 18.2 Å². The van der Waals surface area contributed by atoms with Crippen molar-refractivity contribution in [2.24, 2.45) is 11.3 Å². The molecule has 2 aliphatic rings. The van der Waals surface area contributed by atoms with Gasteiger partial charge in [-0.15, -0.1) is 12.4 Å². The third-order valence-corrected chi connectivity index (χ3v) is 4.75. The molecule has 22 heavy (non-hydrogen) atoms. The monoisotopic (exact) mass is 324 g/mol. The van der Waals surface area contributed by atoms with E-state index in [2.05, 4.69) is 10.6 Å². The average Bonchev–Trinajstić information content (AvgIpc) is 3.20. The fourth-order valence-electron chi connectivity index (χ4n) is 3.34. The minimum Gasteiger partial charge on any atom is -0.489 e. The summed E-state index contributed by atoms with van der Waals surface area (Å²) < 4.78 is 5.78. The number of nitrogens with one attached hydrogen (secondary N) is 2. The van der Waals surface area contributed by atoms with Crippen molar-refractivity contribution in [1.82, 2.24) is 10.6 Å². The molecule has 1 heterocycles. The van der Waals surface area contributed by atoms with Crippen LogP contribution in [0.4, 0.5) is 0 Å². The van der Waals surface area contributed by atoms with Gasteiger partial charge >= 0.3 is 0 Å². The Labute approximate surface area is 138 Å². The Kier molecular flexibility index (Phi) is 5.70. The lowest BCUT2D eigenvalue weighted by Crippen LogP contribution is -2.37. The third-order valence-electron chi connectivity index (χ3n) is 4.75. The van der Waals surface area contributed by atoms with E-state index in [1.54, 1.807) is 0 Å². The number of rotatable bonds is 5. The zero-order valence-electron chi connectivity index (χ0n) is 13.0. The molecule has 1 aromatic carbocycles. The van der Waals surface area contributed by atoms with Gasteiger partial charge in [-0.3, -0.25) is 4.79 Å². The number of carbonyl (C=O) groups is 1. The molecular weight excluding hydrogens is 300 g/mol. The highest BCUT2D eigenvalue weighted by Gasteiger charge is 2.57. The molecule has 1 aliphatic carbocycles. The Morgan fingerprint density at radius 3 is 2.73 bits per heavy atom. The maximum absolute atomic E-state index is 12.2. The number of halogens is 1. The summed E-state index contributed by atoms with van der Waals surface area (Å²) in [4.78, 5) is 12.2. The van der Waals surface area contributed by atoms with Gasteiger partial charge in [0.2, 0.25) is 5.91 Å². The quantitative estimate of drug-likeness (QED) is 0.874. The van der Waals surface area contributed by atoms with Gasteiger partial charge in [0, 0.05) is 5.92 Å². The molecule has 0 bridgehead atoms. The maximum atomic E-state index is 12.2. The van der Waals surface area contributed by atoms with Crippen LogP contribution >= 0.6 is 12.4 Å². The van der Waals surface area contributed by atoms with Crippen LogP contribution in [0.1, 0.15) is 26.2 Å². The third kappa shape index (κ3) is 3.93. The molecule has 1 saturated heterocycles. The lowest BCUT2D eigenvalue weighted by Gasteiger charge is -2.23. The minimum absolute atomic E-state index is 0. The summed E-state index contributed by atoms with van der Waals surface area (Å²) in [5.74, 6) is 1.28. The van der Waals surface area contributed by atoms with Crippen molar-refractivity contribution in [3.05, 3.63) is 30.3 Å². The van der Waals surface area contributed by atoms with Crippen LogP contribution < -0.4 is 15.4 Å². The molecular formula is C17H25ClN2O2. The molecule has 1 aliphatic heterocycles. The Morgan fingerprint density at radius 2 is 2.05 bits per heavy atom.